The lowest BCUT2D eigenvalue weighted by Crippen LogP contribution is -2.17. The second kappa shape index (κ2) is 9.02. The highest BCUT2D eigenvalue weighted by Gasteiger charge is 2.23. The van der Waals surface area contributed by atoms with Crippen LogP contribution in [0, 0.1) is 0 Å². The highest BCUT2D eigenvalue weighted by atomic mass is 32.1. The molecule has 160 valence electrons. The van der Waals surface area contributed by atoms with Gasteiger partial charge in [-0.2, -0.15) is 5.10 Å². The Bertz CT molecular complexity index is 1450. The molecule has 2 heterocycles. The molecule has 0 saturated heterocycles. The fourth-order valence-corrected chi connectivity index (χ4v) is 4.55. The summed E-state index contributed by atoms with van der Waals surface area (Å²) in [5, 5.41) is 13.7. The number of carbonyl (C=O) groups is 1. The number of nitrogens with one attached hydrogen (secondary N) is 1. The van der Waals surface area contributed by atoms with E-state index >= 15 is 0 Å². The van der Waals surface area contributed by atoms with Crippen molar-refractivity contribution >= 4 is 39.4 Å². The van der Waals surface area contributed by atoms with Crippen molar-refractivity contribution < 1.29 is 4.79 Å². The Kier molecular flexibility index (Phi) is 5.61. The Morgan fingerprint density at radius 1 is 0.848 bits per heavy atom. The van der Waals surface area contributed by atoms with Crippen LogP contribution in [0.4, 0.5) is 5.69 Å². The third-order valence-electron chi connectivity index (χ3n) is 5.15. The predicted molar refractivity (Wildman–Crippen MR) is 134 cm³/mol. The summed E-state index contributed by atoms with van der Waals surface area (Å²) in [5.74, 6) is -0.386. The third kappa shape index (κ3) is 4.09. The summed E-state index contributed by atoms with van der Waals surface area (Å²) in [6, 6.07) is 29.2. The van der Waals surface area contributed by atoms with Gasteiger partial charge in [-0.3, -0.25) is 4.79 Å². The number of benzene rings is 3. The molecule has 6 nitrogen and oxygen atoms in total. The van der Waals surface area contributed by atoms with Gasteiger partial charge in [-0.25, -0.2) is 5.43 Å². The Morgan fingerprint density at radius 3 is 2.12 bits per heavy atom. The summed E-state index contributed by atoms with van der Waals surface area (Å²) in [4.78, 5) is 13.8. The van der Waals surface area contributed by atoms with Crippen molar-refractivity contribution in [2.45, 2.75) is 0 Å². The number of fused-ring (bicyclic) bond motifs is 1. The van der Waals surface area contributed by atoms with E-state index in [-0.39, 0.29) is 5.91 Å². The van der Waals surface area contributed by atoms with Gasteiger partial charge in [-0.1, -0.05) is 91.0 Å². The van der Waals surface area contributed by atoms with E-state index in [0.29, 0.717) is 21.1 Å². The zero-order chi connectivity index (χ0) is 22.6. The van der Waals surface area contributed by atoms with E-state index in [9.17, 15) is 4.79 Å². The number of thiophene rings is 1. The molecule has 0 bridgehead atoms. The first-order valence-electron chi connectivity index (χ1n) is 10.3. The molecule has 0 saturated carbocycles. The predicted octanol–water partition coefficient (Wildman–Crippen LogP) is 5.37. The molecule has 0 atom stereocenters. The van der Waals surface area contributed by atoms with E-state index in [0.717, 1.165) is 27.6 Å². The lowest BCUT2D eigenvalue weighted by Gasteiger charge is -2.11. The highest BCUT2D eigenvalue weighted by Crippen LogP contribution is 2.42. The molecule has 3 aromatic carbocycles. The van der Waals surface area contributed by atoms with Crippen molar-refractivity contribution in [2.24, 2.45) is 5.10 Å². The maximum Gasteiger partial charge on any atom is 0.283 e. The van der Waals surface area contributed by atoms with Gasteiger partial charge >= 0.3 is 0 Å². The fraction of sp³-hybridized carbons (Fsp3) is 0. The largest absolute Gasteiger partial charge is 0.397 e. The van der Waals surface area contributed by atoms with Gasteiger partial charge < -0.3 is 5.73 Å². The number of hydrazone groups is 1. The molecule has 5 rings (SSSR count). The van der Waals surface area contributed by atoms with Gasteiger partial charge in [0.05, 0.1) is 11.9 Å². The van der Waals surface area contributed by atoms with Crippen molar-refractivity contribution in [1.82, 2.24) is 15.6 Å². The molecule has 0 aliphatic rings. The van der Waals surface area contributed by atoms with Crippen molar-refractivity contribution in [3.8, 4) is 22.4 Å². The number of hydrogen-bond acceptors (Lipinski definition) is 6. The minimum atomic E-state index is -0.386. The van der Waals surface area contributed by atoms with Crippen LogP contribution < -0.4 is 11.2 Å². The molecule has 3 N–H and O–H groups in total. The first-order chi connectivity index (χ1) is 16.2. The number of anilines is 1. The summed E-state index contributed by atoms with van der Waals surface area (Å²) in [6.45, 7) is 0. The lowest BCUT2D eigenvalue weighted by atomic mass is 9.96. The molecule has 0 spiro atoms. The van der Waals surface area contributed by atoms with Gasteiger partial charge in [0, 0.05) is 16.5 Å². The second-order valence-electron chi connectivity index (χ2n) is 7.29. The molecule has 5 aromatic rings. The first-order valence-corrected chi connectivity index (χ1v) is 11.1. The van der Waals surface area contributed by atoms with Crippen LogP contribution in [-0.2, 0) is 0 Å². The van der Waals surface area contributed by atoms with Crippen LogP contribution in [0.15, 0.2) is 96.1 Å². The SMILES string of the molecule is Nc1c(C(=O)NN=Cc2ccccc2)sc2nnc(-c3ccccc3)c(-c3ccccc3)c12. The number of nitrogen functional groups attached to an aromatic ring is 1. The number of nitrogens with zero attached hydrogens (tertiary/aromatic N) is 3. The normalized spacial score (nSPS) is 11.2. The highest BCUT2D eigenvalue weighted by molar-refractivity contribution is 7.21. The van der Waals surface area contributed by atoms with Crippen LogP contribution >= 0.6 is 11.3 Å². The Balaban J connectivity index is 1.60. The van der Waals surface area contributed by atoms with E-state index in [1.807, 2.05) is 91.0 Å². The third-order valence-corrected chi connectivity index (χ3v) is 6.24. The standard InChI is InChI=1S/C26H19N5OS/c27-22-21-20(18-12-6-2-7-13-18)23(19-14-8-3-9-15-19)29-31-26(21)33-24(22)25(32)30-28-16-17-10-4-1-5-11-17/h1-16H,27H2,(H,30,32). The van der Waals surface area contributed by atoms with Gasteiger partial charge in [0.25, 0.3) is 5.91 Å². The fourth-order valence-electron chi connectivity index (χ4n) is 3.62. The molecule has 0 fully saturated rings. The summed E-state index contributed by atoms with van der Waals surface area (Å²) in [7, 11) is 0. The number of amides is 1. The minimum Gasteiger partial charge on any atom is -0.397 e. The lowest BCUT2D eigenvalue weighted by molar-refractivity contribution is 0.0960. The van der Waals surface area contributed by atoms with E-state index < -0.39 is 0 Å². The summed E-state index contributed by atoms with van der Waals surface area (Å²) >= 11 is 1.21. The molecule has 1 amide bonds. The van der Waals surface area contributed by atoms with Crippen LogP contribution in [0.1, 0.15) is 15.2 Å². The van der Waals surface area contributed by atoms with Gasteiger partial charge in [0.15, 0.2) is 0 Å². The monoisotopic (exact) mass is 449 g/mol. The zero-order valence-corrected chi connectivity index (χ0v) is 18.3. The number of carbonyl (C=O) groups excluding carboxylic acids is 1. The smallest absolute Gasteiger partial charge is 0.283 e. The van der Waals surface area contributed by atoms with Crippen LogP contribution in [0.5, 0.6) is 0 Å². The summed E-state index contributed by atoms with van der Waals surface area (Å²) in [5.41, 5.74) is 13.8. The molecule has 33 heavy (non-hydrogen) atoms. The number of rotatable bonds is 5. The van der Waals surface area contributed by atoms with Gasteiger partial charge in [-0.15, -0.1) is 21.5 Å². The van der Waals surface area contributed by atoms with Crippen molar-refractivity contribution in [3.63, 3.8) is 0 Å². The molecule has 0 aliphatic carbocycles. The first kappa shape index (κ1) is 20.5. The Hall–Kier alpha value is -4.36. The molecule has 2 aromatic heterocycles. The van der Waals surface area contributed by atoms with E-state index in [1.54, 1.807) is 6.21 Å². The molecular formula is C26H19N5OS. The van der Waals surface area contributed by atoms with Crippen molar-refractivity contribution in [2.75, 3.05) is 5.73 Å². The second-order valence-corrected chi connectivity index (χ2v) is 8.29. The van der Waals surface area contributed by atoms with Crippen LogP contribution in [0.25, 0.3) is 32.6 Å². The molecule has 0 radical (unpaired) electrons. The average Bonchev–Trinajstić information content (AvgIpc) is 3.21. The molecular weight excluding hydrogens is 430 g/mol. The van der Waals surface area contributed by atoms with Gasteiger partial charge in [-0.05, 0) is 11.1 Å². The van der Waals surface area contributed by atoms with E-state index in [1.165, 1.54) is 11.3 Å². The molecule has 7 heteroatoms. The van der Waals surface area contributed by atoms with Gasteiger partial charge in [0.1, 0.15) is 15.4 Å². The maximum atomic E-state index is 12.9. The summed E-state index contributed by atoms with van der Waals surface area (Å²) < 4.78 is 0. The number of hydrogen-bond donors (Lipinski definition) is 2. The molecule has 0 aliphatic heterocycles. The van der Waals surface area contributed by atoms with Crippen molar-refractivity contribution in [3.05, 3.63) is 101 Å². The van der Waals surface area contributed by atoms with Crippen LogP contribution in [-0.4, -0.2) is 22.3 Å². The van der Waals surface area contributed by atoms with Gasteiger partial charge in [0.2, 0.25) is 0 Å². The van der Waals surface area contributed by atoms with Crippen molar-refractivity contribution in [1.29, 1.82) is 0 Å². The zero-order valence-electron chi connectivity index (χ0n) is 17.5. The van der Waals surface area contributed by atoms with E-state index in [2.05, 4.69) is 20.7 Å². The van der Waals surface area contributed by atoms with E-state index in [4.69, 9.17) is 5.73 Å². The van der Waals surface area contributed by atoms with Crippen LogP contribution in [0.3, 0.4) is 0 Å². The minimum absolute atomic E-state index is 0.354. The Morgan fingerprint density at radius 2 is 1.45 bits per heavy atom. The Labute approximate surface area is 194 Å². The average molecular weight is 450 g/mol. The molecule has 0 unspecified atom stereocenters. The topological polar surface area (TPSA) is 93.3 Å². The summed E-state index contributed by atoms with van der Waals surface area (Å²) in [6.07, 6.45) is 1.59. The number of aromatic nitrogens is 2. The maximum absolute atomic E-state index is 12.9. The number of nitrogens with two attached hydrogens (primary N) is 1. The van der Waals surface area contributed by atoms with Crippen LogP contribution in [0.2, 0.25) is 0 Å². The quantitative estimate of drug-likeness (QED) is 0.279.